The van der Waals surface area contributed by atoms with E-state index in [-0.39, 0.29) is 11.9 Å². The molecule has 9 atom stereocenters. The normalized spacial score (nSPS) is 38.7. The summed E-state index contributed by atoms with van der Waals surface area (Å²) in [7, 11) is 0. The quantitative estimate of drug-likeness (QED) is 0.176. The molecule has 0 aromatic heterocycles. The molecular weight excluding hydrogens is 651 g/mol. The summed E-state index contributed by atoms with van der Waals surface area (Å²) in [4.78, 5) is 22.7. The molecule has 0 spiro atoms. The van der Waals surface area contributed by atoms with Gasteiger partial charge in [0.25, 0.3) is 0 Å². The summed E-state index contributed by atoms with van der Waals surface area (Å²) in [5, 5.41) is 0. The fourth-order valence-corrected chi connectivity index (χ4v) is 13.6. The zero-order valence-corrected chi connectivity index (χ0v) is 35.6. The Bertz CT molecular complexity index is 1320. The molecule has 9 unspecified atom stereocenters. The number of fused-ring (bicyclic) bond motifs is 3. The zero-order valence-electron chi connectivity index (χ0n) is 35.6. The molecule has 1 saturated heterocycles. The van der Waals surface area contributed by atoms with Gasteiger partial charge in [-0.2, -0.15) is 0 Å². The van der Waals surface area contributed by atoms with Crippen molar-refractivity contribution in [3.8, 4) is 0 Å². The van der Waals surface area contributed by atoms with Crippen LogP contribution in [0, 0.1) is 41.4 Å². The second-order valence-corrected chi connectivity index (χ2v) is 19.3. The van der Waals surface area contributed by atoms with Gasteiger partial charge in [-0.1, -0.05) is 67.2 Å². The Morgan fingerprint density at radius 2 is 1.25 bits per heavy atom. The molecular formula is C48H79N3O2. The number of hydrogen-bond donors (Lipinski definition) is 0. The molecule has 5 heteroatoms. The number of cyclic esters (lactones) is 1. The van der Waals surface area contributed by atoms with Gasteiger partial charge in [0.1, 0.15) is 5.60 Å². The van der Waals surface area contributed by atoms with Gasteiger partial charge >= 0.3 is 5.97 Å². The molecule has 7 rings (SSSR count). The number of esters is 1. The van der Waals surface area contributed by atoms with E-state index < -0.39 is 5.60 Å². The summed E-state index contributed by atoms with van der Waals surface area (Å²) >= 11 is 0. The van der Waals surface area contributed by atoms with Crippen LogP contribution in [0.1, 0.15) is 171 Å². The average Bonchev–Trinajstić information content (AvgIpc) is 3.72. The molecule has 3 heterocycles. The Morgan fingerprint density at radius 3 is 1.75 bits per heavy atom. The molecule has 5 fully saturated rings. The molecule has 0 radical (unpaired) electrons. The number of carbonyl (C=O) groups excluding carboxylic acids is 1. The molecule has 3 aliphatic heterocycles. The van der Waals surface area contributed by atoms with Crippen molar-refractivity contribution >= 4 is 5.97 Å². The molecule has 0 aromatic carbocycles. The van der Waals surface area contributed by atoms with E-state index >= 15 is 0 Å². The first kappa shape index (κ1) is 39.5. The van der Waals surface area contributed by atoms with Crippen LogP contribution in [0.5, 0.6) is 0 Å². The van der Waals surface area contributed by atoms with E-state index in [0.717, 1.165) is 37.8 Å². The highest BCUT2D eigenvalue weighted by molar-refractivity contribution is 5.77. The Morgan fingerprint density at radius 1 is 0.717 bits per heavy atom. The number of unbranched alkanes of at least 4 members (excludes halogenated alkanes) is 2. The lowest BCUT2D eigenvalue weighted by molar-refractivity contribution is -0.152. The topological polar surface area (TPSA) is 36.0 Å². The molecule has 0 aromatic rings. The van der Waals surface area contributed by atoms with Crippen molar-refractivity contribution in [3.63, 3.8) is 0 Å². The van der Waals surface area contributed by atoms with Gasteiger partial charge in [0.05, 0.1) is 5.92 Å². The highest BCUT2D eigenvalue weighted by Crippen LogP contribution is 2.58. The maximum Gasteiger partial charge on any atom is 0.310 e. The van der Waals surface area contributed by atoms with Crippen molar-refractivity contribution in [3.05, 3.63) is 34.2 Å². The van der Waals surface area contributed by atoms with Gasteiger partial charge in [0.2, 0.25) is 0 Å². The van der Waals surface area contributed by atoms with Gasteiger partial charge in [-0.25, -0.2) is 0 Å². The van der Waals surface area contributed by atoms with E-state index in [1.165, 1.54) is 116 Å². The summed E-state index contributed by atoms with van der Waals surface area (Å²) < 4.78 is 7.20. The fourth-order valence-electron chi connectivity index (χ4n) is 13.6. The van der Waals surface area contributed by atoms with Crippen LogP contribution >= 0.6 is 0 Å². The number of allylic oxidation sites excluding steroid dienone is 3. The van der Waals surface area contributed by atoms with E-state index in [4.69, 9.17) is 4.74 Å². The third-order valence-electron chi connectivity index (χ3n) is 16.4. The van der Waals surface area contributed by atoms with Crippen LogP contribution in [-0.4, -0.2) is 70.6 Å². The summed E-state index contributed by atoms with van der Waals surface area (Å²) in [6.45, 7) is 24.1. The summed E-state index contributed by atoms with van der Waals surface area (Å²) in [5.74, 6) is 3.57. The van der Waals surface area contributed by atoms with Crippen molar-refractivity contribution in [2.75, 3.05) is 26.2 Å². The summed E-state index contributed by atoms with van der Waals surface area (Å²) in [6, 6.07) is 1.89. The number of rotatable bonds is 13. The summed E-state index contributed by atoms with van der Waals surface area (Å²) in [6.07, 6.45) is 25.1. The van der Waals surface area contributed by atoms with E-state index in [0.29, 0.717) is 41.8 Å². The minimum absolute atomic E-state index is 0.0751. The molecule has 7 aliphatic rings. The van der Waals surface area contributed by atoms with Crippen molar-refractivity contribution in [1.82, 2.24) is 14.7 Å². The predicted octanol–water partition coefficient (Wildman–Crippen LogP) is 11.3. The van der Waals surface area contributed by atoms with Gasteiger partial charge in [-0.15, -0.1) is 0 Å². The fraction of sp³-hybridized carbons (Fsp3) is 0.854. The molecule has 53 heavy (non-hydrogen) atoms. The first-order valence-electron chi connectivity index (χ1n) is 23.3. The number of ether oxygens (including phenoxy) is 1. The smallest absolute Gasteiger partial charge is 0.310 e. The predicted molar refractivity (Wildman–Crippen MR) is 220 cm³/mol. The van der Waals surface area contributed by atoms with Gasteiger partial charge in [0, 0.05) is 66.3 Å². The second kappa shape index (κ2) is 16.8. The first-order chi connectivity index (χ1) is 25.7. The minimum Gasteiger partial charge on any atom is -0.454 e. The third kappa shape index (κ3) is 7.22. The van der Waals surface area contributed by atoms with Crippen LogP contribution in [0.25, 0.3) is 0 Å². The van der Waals surface area contributed by atoms with Crippen LogP contribution in [0.2, 0.25) is 0 Å². The Labute approximate surface area is 325 Å². The molecule has 0 amide bonds. The van der Waals surface area contributed by atoms with Crippen molar-refractivity contribution in [1.29, 1.82) is 0 Å². The van der Waals surface area contributed by atoms with Crippen molar-refractivity contribution in [2.45, 2.75) is 195 Å². The van der Waals surface area contributed by atoms with E-state index in [9.17, 15) is 4.79 Å². The van der Waals surface area contributed by atoms with Crippen LogP contribution in [0.15, 0.2) is 34.2 Å². The van der Waals surface area contributed by atoms with Crippen molar-refractivity contribution < 1.29 is 9.53 Å². The van der Waals surface area contributed by atoms with E-state index in [1.54, 1.807) is 28.1 Å². The lowest BCUT2D eigenvalue weighted by atomic mass is 9.62. The van der Waals surface area contributed by atoms with Crippen molar-refractivity contribution in [2.24, 2.45) is 41.4 Å². The molecule has 4 aliphatic carbocycles. The monoisotopic (exact) mass is 730 g/mol. The maximum atomic E-state index is 14.3. The molecule has 0 bridgehead atoms. The number of hydrogen-bond acceptors (Lipinski definition) is 5. The Balaban J connectivity index is 1.43. The minimum atomic E-state index is -0.495. The maximum absolute atomic E-state index is 14.3. The van der Waals surface area contributed by atoms with Gasteiger partial charge in [0.15, 0.2) is 0 Å². The molecule has 298 valence electrons. The lowest BCUT2D eigenvalue weighted by Gasteiger charge is -2.46. The van der Waals surface area contributed by atoms with Crippen LogP contribution in [0.4, 0.5) is 0 Å². The van der Waals surface area contributed by atoms with Gasteiger partial charge in [-0.3, -0.25) is 4.79 Å². The molecule has 0 N–H and O–H groups in total. The first-order valence-corrected chi connectivity index (χ1v) is 23.3. The second-order valence-electron chi connectivity index (χ2n) is 19.3. The Kier molecular flexibility index (Phi) is 12.5. The lowest BCUT2D eigenvalue weighted by Crippen LogP contribution is -2.48. The number of nitrogens with zero attached hydrogens (tertiary/aromatic N) is 3. The largest absolute Gasteiger partial charge is 0.454 e. The molecule has 5 nitrogen and oxygen atoms in total. The Hall–Kier alpha value is -1.75. The zero-order chi connectivity index (χ0) is 37.4. The van der Waals surface area contributed by atoms with Gasteiger partial charge in [-0.05, 0) is 151 Å². The highest BCUT2D eigenvalue weighted by Gasteiger charge is 2.60. The van der Waals surface area contributed by atoms with Crippen LogP contribution < -0.4 is 0 Å². The van der Waals surface area contributed by atoms with E-state index in [2.05, 4.69) is 76.2 Å². The van der Waals surface area contributed by atoms with Crippen LogP contribution in [-0.2, 0) is 9.53 Å². The highest BCUT2D eigenvalue weighted by atomic mass is 16.6. The third-order valence-corrected chi connectivity index (χ3v) is 16.4. The average molecular weight is 730 g/mol. The number of carbonyl (C=O) groups is 1. The standard InChI is InChI=1S/C48H79N3O2/c1-9-13-27-50-34(7)45(39-29-32(5)19-25-43(39)50)41(46-35(8)51(28-14-10-2)44-26-20-33(6)30-40(44)46)31-48(42-18-16-15-17-38(42)47(52)53-48)36-21-23-37(24-22-36)49(11-3)12-4/h31-33,36-40,42-44H,9-30H2,1-8H3. The van der Waals surface area contributed by atoms with E-state index in [1.807, 2.05) is 0 Å². The van der Waals surface area contributed by atoms with Crippen LogP contribution in [0.3, 0.4) is 0 Å². The van der Waals surface area contributed by atoms with Gasteiger partial charge < -0.3 is 19.4 Å². The SMILES string of the molecule is CCCCN1C(C)=C(C(=CC2(C3CCC(N(CC)CC)CC3)OC(=O)C3CCCCC32)C2=C(C)N(CCCC)C3CCC(C)CC23)C2CC(C)CCC21. The summed E-state index contributed by atoms with van der Waals surface area (Å²) in [5.41, 5.74) is 7.54. The molecule has 4 saturated carbocycles.